The van der Waals surface area contributed by atoms with E-state index in [1.165, 1.54) is 12.1 Å². The van der Waals surface area contributed by atoms with Crippen LogP contribution in [0.2, 0.25) is 5.02 Å². The fraction of sp³-hybridized carbons (Fsp3) is 0. The molecule has 0 aliphatic carbocycles. The topological polar surface area (TPSA) is 99.3 Å². The molecule has 0 aliphatic heterocycles. The molecule has 0 bridgehead atoms. The Kier molecular flexibility index (Phi) is 6.44. The Morgan fingerprint density at radius 3 is 1.79 bits per heavy atom. The van der Waals surface area contributed by atoms with E-state index in [4.69, 9.17) is 11.6 Å². The van der Waals surface area contributed by atoms with Gasteiger partial charge in [-0.05, 0) is 60.7 Å². The van der Waals surface area contributed by atoms with Crippen LogP contribution >= 0.6 is 11.6 Å². The molecule has 0 saturated heterocycles. The highest BCUT2D eigenvalue weighted by molar-refractivity contribution is 6.30. The summed E-state index contributed by atoms with van der Waals surface area (Å²) < 4.78 is 0. The van der Waals surface area contributed by atoms with Crippen LogP contribution in [0.1, 0.15) is 20.7 Å². The molecule has 0 fully saturated rings. The van der Waals surface area contributed by atoms with Crippen molar-refractivity contribution in [2.45, 2.75) is 0 Å². The van der Waals surface area contributed by atoms with Gasteiger partial charge in [0.25, 0.3) is 11.8 Å². The molecule has 0 atom stereocenters. The van der Waals surface area contributed by atoms with Gasteiger partial charge in [-0.2, -0.15) is 0 Å². The molecule has 146 valence electrons. The number of nitrogens with one attached hydrogen (secondary N) is 4. The molecule has 0 aromatic heterocycles. The number of halogens is 1. The maximum Gasteiger partial charge on any atom is 0.337 e. The molecule has 0 saturated carbocycles. The van der Waals surface area contributed by atoms with Gasteiger partial charge in [-0.3, -0.25) is 15.0 Å². The molecule has 29 heavy (non-hydrogen) atoms. The van der Waals surface area contributed by atoms with Crippen molar-refractivity contribution in [1.29, 1.82) is 0 Å². The second kappa shape index (κ2) is 9.38. The van der Waals surface area contributed by atoms with E-state index in [0.717, 1.165) is 0 Å². The molecule has 0 unspecified atom stereocenters. The van der Waals surface area contributed by atoms with E-state index in [2.05, 4.69) is 21.5 Å². The smallest absolute Gasteiger partial charge is 0.322 e. The highest BCUT2D eigenvalue weighted by Crippen LogP contribution is 2.13. The predicted molar refractivity (Wildman–Crippen MR) is 112 cm³/mol. The van der Waals surface area contributed by atoms with Crippen LogP contribution in [0, 0.1) is 0 Å². The molecule has 0 spiro atoms. The predicted octanol–water partition coefficient (Wildman–Crippen LogP) is 4.06. The lowest BCUT2D eigenvalue weighted by Gasteiger charge is -2.10. The number of hydrogen-bond donors (Lipinski definition) is 4. The summed E-state index contributed by atoms with van der Waals surface area (Å²) in [5.74, 6) is -0.750. The molecule has 3 rings (SSSR count). The fourth-order valence-corrected chi connectivity index (χ4v) is 2.50. The summed E-state index contributed by atoms with van der Waals surface area (Å²) in [6.07, 6.45) is 0. The second-order valence-corrected chi connectivity index (χ2v) is 6.37. The Hall–Kier alpha value is -3.84. The molecule has 0 heterocycles. The third-order valence-corrected chi connectivity index (χ3v) is 4.08. The van der Waals surface area contributed by atoms with Crippen LogP contribution in [0.3, 0.4) is 0 Å². The van der Waals surface area contributed by atoms with Gasteiger partial charge in [0.1, 0.15) is 0 Å². The summed E-state index contributed by atoms with van der Waals surface area (Å²) >= 11 is 5.78. The van der Waals surface area contributed by atoms with Gasteiger partial charge in [-0.25, -0.2) is 10.2 Å². The van der Waals surface area contributed by atoms with Crippen molar-refractivity contribution in [3.05, 3.63) is 95.0 Å². The Balaban J connectivity index is 1.50. The van der Waals surface area contributed by atoms with Gasteiger partial charge in [-0.15, -0.1) is 0 Å². The molecule has 0 radical (unpaired) electrons. The number of benzene rings is 3. The highest BCUT2D eigenvalue weighted by Gasteiger charge is 2.09. The van der Waals surface area contributed by atoms with Gasteiger partial charge in [0.05, 0.1) is 0 Å². The normalized spacial score (nSPS) is 9.97. The maximum atomic E-state index is 12.1. The number of urea groups is 1. The first-order valence-electron chi connectivity index (χ1n) is 8.60. The van der Waals surface area contributed by atoms with Crippen LogP contribution in [0.4, 0.5) is 16.2 Å². The highest BCUT2D eigenvalue weighted by atomic mass is 35.5. The summed E-state index contributed by atoms with van der Waals surface area (Å²) in [6.45, 7) is 0. The van der Waals surface area contributed by atoms with Crippen LogP contribution in [-0.4, -0.2) is 17.8 Å². The van der Waals surface area contributed by atoms with Crippen LogP contribution in [0.5, 0.6) is 0 Å². The quantitative estimate of drug-likeness (QED) is 0.490. The third kappa shape index (κ3) is 5.82. The van der Waals surface area contributed by atoms with Gasteiger partial charge in [0.15, 0.2) is 0 Å². The zero-order chi connectivity index (χ0) is 20.6. The minimum Gasteiger partial charge on any atom is -0.322 e. The Labute approximate surface area is 172 Å². The molecular weight excluding hydrogens is 392 g/mol. The summed E-state index contributed by atoms with van der Waals surface area (Å²) in [6, 6.07) is 21.0. The van der Waals surface area contributed by atoms with Crippen LogP contribution in [0.15, 0.2) is 78.9 Å². The number of hydrogen-bond acceptors (Lipinski definition) is 3. The van der Waals surface area contributed by atoms with E-state index in [9.17, 15) is 14.4 Å². The number of hydrazine groups is 1. The summed E-state index contributed by atoms with van der Waals surface area (Å²) in [5.41, 5.74) is 6.48. The van der Waals surface area contributed by atoms with Crippen molar-refractivity contribution in [3.8, 4) is 0 Å². The van der Waals surface area contributed by atoms with Gasteiger partial charge in [-0.1, -0.05) is 29.8 Å². The zero-order valence-corrected chi connectivity index (χ0v) is 15.9. The molecule has 7 nitrogen and oxygen atoms in total. The number of anilines is 2. The standard InChI is InChI=1S/C21H17ClN4O3/c22-16-8-12-18(13-9-16)24-21(29)26-25-20(28)15-6-10-17(11-7-15)23-19(27)14-4-2-1-3-5-14/h1-13H,(H,23,27)(H,25,28)(H2,24,26,29). The van der Waals surface area contributed by atoms with E-state index < -0.39 is 11.9 Å². The number of amides is 4. The Morgan fingerprint density at radius 1 is 0.586 bits per heavy atom. The lowest BCUT2D eigenvalue weighted by atomic mass is 10.2. The van der Waals surface area contributed by atoms with Gasteiger partial charge >= 0.3 is 6.03 Å². The number of rotatable bonds is 4. The van der Waals surface area contributed by atoms with Gasteiger partial charge in [0.2, 0.25) is 0 Å². The average Bonchev–Trinajstić information content (AvgIpc) is 2.75. The zero-order valence-electron chi connectivity index (χ0n) is 15.1. The Bertz CT molecular complexity index is 1010. The summed E-state index contributed by atoms with van der Waals surface area (Å²) in [5, 5.41) is 5.85. The molecule has 4 N–H and O–H groups in total. The van der Waals surface area contributed by atoms with E-state index in [1.54, 1.807) is 60.7 Å². The van der Waals surface area contributed by atoms with Gasteiger partial charge < -0.3 is 10.6 Å². The minimum atomic E-state index is -0.604. The SMILES string of the molecule is O=C(NNC(=O)c1ccc(NC(=O)c2ccccc2)cc1)Nc1ccc(Cl)cc1. The lowest BCUT2D eigenvalue weighted by molar-refractivity contribution is 0.0937. The van der Waals surface area contributed by atoms with Crippen molar-refractivity contribution < 1.29 is 14.4 Å². The fourth-order valence-electron chi connectivity index (χ4n) is 2.38. The van der Waals surface area contributed by atoms with Crippen molar-refractivity contribution in [3.63, 3.8) is 0 Å². The summed E-state index contributed by atoms with van der Waals surface area (Å²) in [4.78, 5) is 36.1. The van der Waals surface area contributed by atoms with E-state index in [1.807, 2.05) is 6.07 Å². The lowest BCUT2D eigenvalue weighted by Crippen LogP contribution is -2.43. The molecule has 4 amide bonds. The first kappa shape index (κ1) is 19.9. The van der Waals surface area contributed by atoms with Crippen LogP contribution < -0.4 is 21.5 Å². The second-order valence-electron chi connectivity index (χ2n) is 5.94. The van der Waals surface area contributed by atoms with E-state index in [-0.39, 0.29) is 5.91 Å². The first-order chi connectivity index (χ1) is 14.0. The number of carbonyl (C=O) groups is 3. The van der Waals surface area contributed by atoms with Crippen molar-refractivity contribution >= 4 is 40.8 Å². The van der Waals surface area contributed by atoms with Gasteiger partial charge in [0, 0.05) is 27.5 Å². The third-order valence-electron chi connectivity index (χ3n) is 3.83. The van der Waals surface area contributed by atoms with Crippen LogP contribution in [-0.2, 0) is 0 Å². The minimum absolute atomic E-state index is 0.247. The average molecular weight is 409 g/mol. The first-order valence-corrected chi connectivity index (χ1v) is 8.98. The molecular formula is C21H17ClN4O3. The largest absolute Gasteiger partial charge is 0.337 e. The monoisotopic (exact) mass is 408 g/mol. The van der Waals surface area contributed by atoms with Crippen molar-refractivity contribution in [2.75, 3.05) is 10.6 Å². The van der Waals surface area contributed by atoms with E-state index in [0.29, 0.717) is 27.5 Å². The van der Waals surface area contributed by atoms with Crippen molar-refractivity contribution in [1.82, 2.24) is 10.9 Å². The van der Waals surface area contributed by atoms with E-state index >= 15 is 0 Å². The molecule has 0 aliphatic rings. The molecule has 3 aromatic carbocycles. The van der Waals surface area contributed by atoms with Crippen LogP contribution in [0.25, 0.3) is 0 Å². The molecule has 8 heteroatoms. The van der Waals surface area contributed by atoms with Crippen molar-refractivity contribution in [2.24, 2.45) is 0 Å². The summed E-state index contributed by atoms with van der Waals surface area (Å²) in [7, 11) is 0. The Morgan fingerprint density at radius 2 is 1.14 bits per heavy atom. The molecule has 3 aromatic rings. The number of carbonyl (C=O) groups excluding carboxylic acids is 3. The maximum absolute atomic E-state index is 12.1.